The van der Waals surface area contributed by atoms with Crippen molar-refractivity contribution in [3.05, 3.63) is 41.7 Å². The average Bonchev–Trinajstić information content (AvgIpc) is 3.30. The molecule has 142 valence electrons. The summed E-state index contributed by atoms with van der Waals surface area (Å²) in [5.41, 5.74) is 4.00. The van der Waals surface area contributed by atoms with Crippen molar-refractivity contribution >= 4 is 22.3 Å². The van der Waals surface area contributed by atoms with Crippen LogP contribution in [0.1, 0.15) is 63.3 Å². The van der Waals surface area contributed by atoms with E-state index in [1.54, 1.807) is 6.20 Å². The molecule has 1 fully saturated rings. The van der Waals surface area contributed by atoms with Crippen molar-refractivity contribution in [1.29, 1.82) is 0 Å². The molecule has 6 heteroatoms. The Morgan fingerprint density at radius 2 is 2.15 bits per heavy atom. The Kier molecular flexibility index (Phi) is 4.52. The van der Waals surface area contributed by atoms with Crippen molar-refractivity contribution in [1.82, 2.24) is 14.8 Å². The maximum absolute atomic E-state index is 10.5. The zero-order valence-corrected chi connectivity index (χ0v) is 16.0. The third-order valence-corrected chi connectivity index (χ3v) is 5.22. The monoisotopic (exact) mass is 366 g/mol. The molecular formula is C21H26N4O2. The van der Waals surface area contributed by atoms with Crippen LogP contribution in [0.2, 0.25) is 0 Å². The first-order chi connectivity index (χ1) is 13.0. The van der Waals surface area contributed by atoms with E-state index < -0.39 is 6.10 Å². The molecule has 4 rings (SSSR count). The van der Waals surface area contributed by atoms with Gasteiger partial charge in [-0.25, -0.2) is 4.99 Å². The second-order valence-electron chi connectivity index (χ2n) is 7.62. The van der Waals surface area contributed by atoms with Crippen LogP contribution in [0.15, 0.2) is 35.6 Å². The summed E-state index contributed by atoms with van der Waals surface area (Å²) >= 11 is 0. The van der Waals surface area contributed by atoms with E-state index in [2.05, 4.69) is 23.9 Å². The molecule has 1 aliphatic carbocycles. The van der Waals surface area contributed by atoms with Gasteiger partial charge in [0.15, 0.2) is 5.88 Å². The topological polar surface area (TPSA) is 86.4 Å². The molecule has 1 aromatic carbocycles. The predicted molar refractivity (Wildman–Crippen MR) is 107 cm³/mol. The summed E-state index contributed by atoms with van der Waals surface area (Å²) in [7, 11) is 0. The first-order valence-corrected chi connectivity index (χ1v) is 9.62. The minimum atomic E-state index is -0.439. The fraction of sp³-hybridized carbons (Fsp3) is 0.429. The first kappa shape index (κ1) is 17.8. The van der Waals surface area contributed by atoms with E-state index in [0.29, 0.717) is 17.9 Å². The van der Waals surface area contributed by atoms with Crippen LogP contribution in [0.5, 0.6) is 5.88 Å². The van der Waals surface area contributed by atoms with Crippen LogP contribution in [0.4, 0.5) is 5.69 Å². The van der Waals surface area contributed by atoms with Gasteiger partial charge in [0, 0.05) is 16.9 Å². The van der Waals surface area contributed by atoms with Gasteiger partial charge in [-0.05, 0) is 56.7 Å². The second-order valence-corrected chi connectivity index (χ2v) is 7.62. The standard InChI is InChI=1S/C21H26N4O2/c1-4-17(23-15-10-22-25(11-15)12(2)3)19-16-9-14(20(26)13-5-6-13)7-8-18(16)24-21(19)27/h7-13,20,24,26-27H,4-6H2,1-3H3. The summed E-state index contributed by atoms with van der Waals surface area (Å²) in [4.78, 5) is 7.78. The van der Waals surface area contributed by atoms with E-state index in [4.69, 9.17) is 4.99 Å². The van der Waals surface area contributed by atoms with E-state index >= 15 is 0 Å². The molecule has 0 bridgehead atoms. The van der Waals surface area contributed by atoms with Crippen LogP contribution < -0.4 is 0 Å². The molecule has 1 atom stereocenters. The van der Waals surface area contributed by atoms with Crippen LogP contribution in [-0.4, -0.2) is 30.7 Å². The number of aliphatic imine (C=N–C) groups is 1. The number of hydrogen-bond acceptors (Lipinski definition) is 4. The lowest BCUT2D eigenvalue weighted by atomic mass is 10.00. The summed E-state index contributed by atoms with van der Waals surface area (Å²) in [6.07, 6.45) is 6.03. The van der Waals surface area contributed by atoms with Crippen LogP contribution in [0, 0.1) is 5.92 Å². The number of aliphatic hydroxyl groups excluding tert-OH is 1. The summed E-state index contributed by atoms with van der Waals surface area (Å²) in [5, 5.41) is 26.3. The highest BCUT2D eigenvalue weighted by Crippen LogP contribution is 2.42. The Hall–Kier alpha value is -2.60. The molecule has 27 heavy (non-hydrogen) atoms. The van der Waals surface area contributed by atoms with Gasteiger partial charge in [-0.1, -0.05) is 13.0 Å². The molecule has 1 aliphatic rings. The number of H-pyrrole nitrogens is 1. The largest absolute Gasteiger partial charge is 0.494 e. The van der Waals surface area contributed by atoms with Crippen LogP contribution >= 0.6 is 0 Å². The molecule has 0 amide bonds. The van der Waals surface area contributed by atoms with Gasteiger partial charge in [0.05, 0.1) is 29.8 Å². The third kappa shape index (κ3) is 3.37. The minimum Gasteiger partial charge on any atom is -0.494 e. The highest BCUT2D eigenvalue weighted by atomic mass is 16.3. The lowest BCUT2D eigenvalue weighted by molar-refractivity contribution is 0.154. The molecule has 0 radical (unpaired) electrons. The lowest BCUT2D eigenvalue weighted by Gasteiger charge is -2.10. The Bertz CT molecular complexity index is 995. The van der Waals surface area contributed by atoms with Crippen molar-refractivity contribution in [3.8, 4) is 5.88 Å². The van der Waals surface area contributed by atoms with Crippen molar-refractivity contribution in [2.45, 2.75) is 52.2 Å². The third-order valence-electron chi connectivity index (χ3n) is 5.22. The van der Waals surface area contributed by atoms with Gasteiger partial charge in [0.25, 0.3) is 0 Å². The maximum atomic E-state index is 10.5. The van der Waals surface area contributed by atoms with Crippen LogP contribution in [0.25, 0.3) is 10.9 Å². The van der Waals surface area contributed by atoms with E-state index in [1.165, 1.54) is 0 Å². The van der Waals surface area contributed by atoms with Crippen molar-refractivity contribution in [2.75, 3.05) is 0 Å². The van der Waals surface area contributed by atoms with E-state index in [0.717, 1.165) is 40.7 Å². The van der Waals surface area contributed by atoms with Crippen molar-refractivity contribution in [2.24, 2.45) is 10.9 Å². The van der Waals surface area contributed by atoms with Crippen molar-refractivity contribution < 1.29 is 10.2 Å². The van der Waals surface area contributed by atoms with Crippen LogP contribution in [-0.2, 0) is 0 Å². The van der Waals surface area contributed by atoms with Gasteiger partial charge in [-0.3, -0.25) is 4.68 Å². The van der Waals surface area contributed by atoms with Gasteiger partial charge >= 0.3 is 0 Å². The van der Waals surface area contributed by atoms with E-state index in [9.17, 15) is 10.2 Å². The number of fused-ring (bicyclic) bond motifs is 1. The Balaban J connectivity index is 1.78. The molecule has 0 aliphatic heterocycles. The zero-order chi connectivity index (χ0) is 19.1. The molecule has 0 spiro atoms. The molecular weight excluding hydrogens is 340 g/mol. The fourth-order valence-electron chi connectivity index (χ4n) is 3.49. The predicted octanol–water partition coefficient (Wildman–Crippen LogP) is 4.63. The highest BCUT2D eigenvalue weighted by Gasteiger charge is 2.31. The number of aliphatic hydroxyl groups is 1. The molecule has 1 unspecified atom stereocenters. The van der Waals surface area contributed by atoms with Crippen LogP contribution in [0.3, 0.4) is 0 Å². The Morgan fingerprint density at radius 1 is 1.37 bits per heavy atom. The van der Waals surface area contributed by atoms with E-state index in [1.807, 2.05) is 36.0 Å². The number of nitrogens with zero attached hydrogens (tertiary/aromatic N) is 3. The molecule has 6 nitrogen and oxygen atoms in total. The summed E-state index contributed by atoms with van der Waals surface area (Å²) in [6, 6.07) is 6.10. The summed E-state index contributed by atoms with van der Waals surface area (Å²) in [6.45, 7) is 6.16. The molecule has 2 heterocycles. The highest BCUT2D eigenvalue weighted by molar-refractivity contribution is 6.13. The Morgan fingerprint density at radius 3 is 2.78 bits per heavy atom. The average molecular weight is 366 g/mol. The SMILES string of the molecule is CCC(=Nc1cnn(C(C)C)c1)c1c(O)[nH]c2ccc(C(O)C3CC3)cc12. The maximum Gasteiger partial charge on any atom is 0.198 e. The Labute approximate surface area is 158 Å². The summed E-state index contributed by atoms with van der Waals surface area (Å²) in [5.74, 6) is 0.472. The minimum absolute atomic E-state index is 0.111. The molecule has 0 saturated heterocycles. The molecule has 3 N–H and O–H groups in total. The van der Waals surface area contributed by atoms with Gasteiger partial charge in [-0.2, -0.15) is 5.10 Å². The molecule has 2 aromatic heterocycles. The number of aromatic amines is 1. The zero-order valence-electron chi connectivity index (χ0n) is 16.0. The number of aromatic nitrogens is 3. The fourth-order valence-corrected chi connectivity index (χ4v) is 3.49. The number of benzene rings is 1. The smallest absolute Gasteiger partial charge is 0.198 e. The van der Waals surface area contributed by atoms with E-state index in [-0.39, 0.29) is 11.9 Å². The van der Waals surface area contributed by atoms with Gasteiger partial charge in [-0.15, -0.1) is 0 Å². The second kappa shape index (κ2) is 6.85. The quantitative estimate of drug-likeness (QED) is 0.556. The number of nitrogens with one attached hydrogen (secondary N) is 1. The van der Waals surface area contributed by atoms with Crippen molar-refractivity contribution in [3.63, 3.8) is 0 Å². The molecule has 1 saturated carbocycles. The van der Waals surface area contributed by atoms with Gasteiger partial charge in [0.2, 0.25) is 0 Å². The molecule has 3 aromatic rings. The summed E-state index contributed by atoms with van der Waals surface area (Å²) < 4.78 is 1.87. The van der Waals surface area contributed by atoms with Gasteiger partial charge < -0.3 is 15.2 Å². The number of rotatable bonds is 6. The number of hydrogen-bond donors (Lipinski definition) is 3. The normalized spacial score (nSPS) is 16.4. The first-order valence-electron chi connectivity index (χ1n) is 9.62. The van der Waals surface area contributed by atoms with Gasteiger partial charge in [0.1, 0.15) is 5.69 Å². The lowest BCUT2D eigenvalue weighted by Crippen LogP contribution is -2.01. The number of aromatic hydroxyl groups is 1.